The summed E-state index contributed by atoms with van der Waals surface area (Å²) in [7, 11) is 0. The van der Waals surface area contributed by atoms with Gasteiger partial charge < -0.3 is 5.32 Å². The molecule has 1 amide bonds. The zero-order valence-electron chi connectivity index (χ0n) is 8.54. The quantitative estimate of drug-likeness (QED) is 0.814. The van der Waals surface area contributed by atoms with Crippen molar-refractivity contribution >= 4 is 17.2 Å². The molecule has 0 saturated heterocycles. The van der Waals surface area contributed by atoms with E-state index in [4.69, 9.17) is 0 Å². The molecule has 1 atom stereocenters. The van der Waals surface area contributed by atoms with Crippen molar-refractivity contribution < 1.29 is 4.79 Å². The van der Waals surface area contributed by atoms with E-state index in [1.54, 1.807) is 0 Å². The van der Waals surface area contributed by atoms with Gasteiger partial charge in [0.1, 0.15) is 0 Å². The molecule has 0 bridgehead atoms. The zero-order chi connectivity index (χ0) is 10.1. The van der Waals surface area contributed by atoms with E-state index in [9.17, 15) is 4.79 Å². The van der Waals surface area contributed by atoms with Crippen molar-refractivity contribution in [1.29, 1.82) is 0 Å². The van der Waals surface area contributed by atoms with E-state index in [1.807, 2.05) is 18.4 Å². The number of carbonyl (C=O) groups excluding carboxylic acids is 1. The summed E-state index contributed by atoms with van der Waals surface area (Å²) >= 11 is 1.52. The zero-order valence-corrected chi connectivity index (χ0v) is 9.36. The molecule has 1 saturated carbocycles. The number of aryl methyl sites for hydroxylation is 1. The van der Waals surface area contributed by atoms with Crippen LogP contribution in [0.2, 0.25) is 0 Å². The lowest BCUT2D eigenvalue weighted by molar-refractivity contribution is 0.0939. The Kier molecular flexibility index (Phi) is 2.59. The maximum Gasteiger partial charge on any atom is 0.261 e. The molecule has 0 spiro atoms. The molecule has 1 aliphatic rings. The Morgan fingerprint density at radius 1 is 1.64 bits per heavy atom. The van der Waals surface area contributed by atoms with E-state index in [-0.39, 0.29) is 5.91 Å². The maximum absolute atomic E-state index is 11.8. The van der Waals surface area contributed by atoms with Crippen molar-refractivity contribution in [2.24, 2.45) is 5.92 Å². The van der Waals surface area contributed by atoms with E-state index in [0.717, 1.165) is 16.4 Å². The molecule has 2 rings (SSSR count). The molecule has 76 valence electrons. The topological polar surface area (TPSA) is 29.1 Å². The van der Waals surface area contributed by atoms with Crippen molar-refractivity contribution in [2.45, 2.75) is 32.7 Å². The number of rotatable bonds is 3. The molecule has 2 nitrogen and oxygen atoms in total. The van der Waals surface area contributed by atoms with Crippen LogP contribution < -0.4 is 5.32 Å². The van der Waals surface area contributed by atoms with Gasteiger partial charge in [0.05, 0.1) is 4.88 Å². The van der Waals surface area contributed by atoms with Gasteiger partial charge in [0.15, 0.2) is 0 Å². The van der Waals surface area contributed by atoms with Crippen LogP contribution in [0.3, 0.4) is 0 Å². The molecule has 0 radical (unpaired) electrons. The fraction of sp³-hybridized carbons (Fsp3) is 0.545. The number of hydrogen-bond acceptors (Lipinski definition) is 2. The van der Waals surface area contributed by atoms with Gasteiger partial charge in [0.25, 0.3) is 5.91 Å². The summed E-state index contributed by atoms with van der Waals surface area (Å²) in [6.45, 7) is 4.08. The number of thiophene rings is 1. The molecule has 3 heteroatoms. The molecule has 1 heterocycles. The number of amides is 1. The second-order valence-corrected chi connectivity index (χ2v) is 4.95. The van der Waals surface area contributed by atoms with Crippen LogP contribution >= 0.6 is 11.3 Å². The minimum atomic E-state index is 0.0944. The van der Waals surface area contributed by atoms with Crippen molar-refractivity contribution in [2.75, 3.05) is 0 Å². The maximum atomic E-state index is 11.8. The SMILES string of the molecule is Cc1ccsc1C(=O)NC(C)C1CC1. The molecule has 1 fully saturated rings. The minimum absolute atomic E-state index is 0.0944. The Labute approximate surface area is 88.3 Å². The predicted molar refractivity (Wildman–Crippen MR) is 58.7 cm³/mol. The summed E-state index contributed by atoms with van der Waals surface area (Å²) in [5.41, 5.74) is 1.08. The first-order chi connectivity index (χ1) is 6.68. The summed E-state index contributed by atoms with van der Waals surface area (Å²) in [5, 5.41) is 5.02. The van der Waals surface area contributed by atoms with Gasteiger partial charge in [-0.15, -0.1) is 11.3 Å². The molecule has 1 aromatic rings. The first-order valence-corrected chi connectivity index (χ1v) is 5.91. The van der Waals surface area contributed by atoms with Crippen LogP contribution in [0.15, 0.2) is 11.4 Å². The molecule has 1 aliphatic carbocycles. The van der Waals surface area contributed by atoms with Crippen molar-refractivity contribution in [1.82, 2.24) is 5.32 Å². The molecule has 0 aliphatic heterocycles. The fourth-order valence-electron chi connectivity index (χ4n) is 1.59. The first kappa shape index (κ1) is 9.71. The average Bonchev–Trinajstić information content (AvgIpc) is 2.89. The summed E-state index contributed by atoms with van der Waals surface area (Å²) in [5.74, 6) is 0.816. The number of nitrogens with one attached hydrogen (secondary N) is 1. The van der Waals surface area contributed by atoms with Gasteiger partial charge >= 0.3 is 0 Å². The van der Waals surface area contributed by atoms with Crippen LogP contribution in [0.25, 0.3) is 0 Å². The van der Waals surface area contributed by atoms with E-state index in [2.05, 4.69) is 12.2 Å². The van der Waals surface area contributed by atoms with Gasteiger partial charge in [-0.3, -0.25) is 4.79 Å². The summed E-state index contributed by atoms with van der Waals surface area (Å²) in [4.78, 5) is 12.6. The molecule has 1 unspecified atom stereocenters. The van der Waals surface area contributed by atoms with Gasteiger partial charge in [0.2, 0.25) is 0 Å². The third-order valence-electron chi connectivity index (χ3n) is 2.76. The summed E-state index contributed by atoms with van der Waals surface area (Å²) in [6.07, 6.45) is 2.54. The van der Waals surface area contributed by atoms with Crippen molar-refractivity contribution in [3.05, 3.63) is 21.9 Å². The Hall–Kier alpha value is -0.830. The highest BCUT2D eigenvalue weighted by Gasteiger charge is 2.29. The highest BCUT2D eigenvalue weighted by Crippen LogP contribution is 2.32. The lowest BCUT2D eigenvalue weighted by atomic mass is 10.2. The second kappa shape index (κ2) is 3.73. The molecular weight excluding hydrogens is 194 g/mol. The highest BCUT2D eigenvalue weighted by molar-refractivity contribution is 7.12. The van der Waals surface area contributed by atoms with Gasteiger partial charge in [0, 0.05) is 6.04 Å². The summed E-state index contributed by atoms with van der Waals surface area (Å²) < 4.78 is 0. The second-order valence-electron chi connectivity index (χ2n) is 4.03. The van der Waals surface area contributed by atoms with Crippen LogP contribution in [0.4, 0.5) is 0 Å². The van der Waals surface area contributed by atoms with Crippen molar-refractivity contribution in [3.63, 3.8) is 0 Å². The van der Waals surface area contributed by atoms with E-state index < -0.39 is 0 Å². The molecule has 0 aromatic carbocycles. The first-order valence-electron chi connectivity index (χ1n) is 5.03. The predicted octanol–water partition coefficient (Wildman–Crippen LogP) is 2.58. The van der Waals surface area contributed by atoms with Gasteiger partial charge in [-0.2, -0.15) is 0 Å². The Morgan fingerprint density at radius 3 is 2.86 bits per heavy atom. The molecule has 14 heavy (non-hydrogen) atoms. The Bertz CT molecular complexity index is 341. The van der Waals surface area contributed by atoms with Crippen LogP contribution in [-0.4, -0.2) is 11.9 Å². The fourth-order valence-corrected chi connectivity index (χ4v) is 2.42. The summed E-state index contributed by atoms with van der Waals surface area (Å²) in [6, 6.07) is 2.32. The van der Waals surface area contributed by atoms with E-state index in [1.165, 1.54) is 24.2 Å². The Morgan fingerprint density at radius 2 is 2.36 bits per heavy atom. The van der Waals surface area contributed by atoms with Crippen LogP contribution in [0.1, 0.15) is 35.0 Å². The average molecular weight is 209 g/mol. The number of carbonyl (C=O) groups is 1. The molecule has 1 aromatic heterocycles. The van der Waals surface area contributed by atoms with Gasteiger partial charge in [-0.25, -0.2) is 0 Å². The van der Waals surface area contributed by atoms with E-state index in [0.29, 0.717) is 6.04 Å². The lowest BCUT2D eigenvalue weighted by Gasteiger charge is -2.11. The number of hydrogen-bond donors (Lipinski definition) is 1. The molecular formula is C11H15NOS. The van der Waals surface area contributed by atoms with Gasteiger partial charge in [-0.05, 0) is 49.6 Å². The third kappa shape index (κ3) is 1.98. The highest BCUT2D eigenvalue weighted by atomic mass is 32.1. The monoisotopic (exact) mass is 209 g/mol. The third-order valence-corrected chi connectivity index (χ3v) is 3.77. The molecule has 1 N–H and O–H groups in total. The van der Waals surface area contributed by atoms with Crippen LogP contribution in [0.5, 0.6) is 0 Å². The minimum Gasteiger partial charge on any atom is -0.349 e. The van der Waals surface area contributed by atoms with Crippen LogP contribution in [-0.2, 0) is 0 Å². The standard InChI is InChI=1S/C11H15NOS/c1-7-5-6-14-10(7)11(13)12-8(2)9-3-4-9/h5-6,8-9H,3-4H2,1-2H3,(H,12,13). The normalized spacial score (nSPS) is 17.9. The lowest BCUT2D eigenvalue weighted by Crippen LogP contribution is -2.33. The smallest absolute Gasteiger partial charge is 0.261 e. The van der Waals surface area contributed by atoms with Crippen LogP contribution in [0, 0.1) is 12.8 Å². The Balaban J connectivity index is 1.98. The van der Waals surface area contributed by atoms with E-state index >= 15 is 0 Å². The van der Waals surface area contributed by atoms with Gasteiger partial charge in [-0.1, -0.05) is 0 Å². The van der Waals surface area contributed by atoms with Crippen molar-refractivity contribution in [3.8, 4) is 0 Å². The largest absolute Gasteiger partial charge is 0.349 e.